The van der Waals surface area contributed by atoms with Crippen LogP contribution in [0.5, 0.6) is 0 Å². The van der Waals surface area contributed by atoms with Crippen molar-refractivity contribution in [2.24, 2.45) is 11.5 Å². The van der Waals surface area contributed by atoms with E-state index < -0.39 is 0 Å². The van der Waals surface area contributed by atoms with Crippen LogP contribution in [0, 0.1) is 0 Å². The molecule has 0 radical (unpaired) electrons. The van der Waals surface area contributed by atoms with E-state index in [0.29, 0.717) is 13.1 Å². The van der Waals surface area contributed by atoms with Gasteiger partial charge in [0.15, 0.2) is 0 Å². The van der Waals surface area contributed by atoms with Crippen LogP contribution in [0.3, 0.4) is 0 Å². The second-order valence-corrected chi connectivity index (χ2v) is 0.577. The summed E-state index contributed by atoms with van der Waals surface area (Å²) in [5.41, 5.74) is 9.81. The summed E-state index contributed by atoms with van der Waals surface area (Å²) in [6, 6.07) is 0. The van der Waals surface area contributed by atoms with Gasteiger partial charge in [-0.3, -0.25) is 0 Å². The average molecular weight is 272 g/mol. The van der Waals surface area contributed by atoms with Crippen LogP contribution in [0.15, 0.2) is 0 Å². The normalized spacial score (nSPS) is 6.00. The Balaban J connectivity index is 0. The Bertz CT molecular complexity index is 9.61. The van der Waals surface area contributed by atoms with Gasteiger partial charge in [0.1, 0.15) is 0 Å². The van der Waals surface area contributed by atoms with Crippen LogP contribution in [0.2, 0.25) is 0 Å². The van der Waals surface area contributed by atoms with Gasteiger partial charge in [-0.05, 0) is 0 Å². The minimum atomic E-state index is 0. The monoisotopic (exact) mass is 272 g/mol. The Hall–Kier alpha value is 0.803. The molecule has 34 valence electrons. The van der Waals surface area contributed by atoms with Gasteiger partial charge in [0.25, 0.3) is 0 Å². The van der Waals surface area contributed by atoms with E-state index in [1.165, 1.54) is 0 Å². The summed E-state index contributed by atoms with van der Waals surface area (Å²) in [4.78, 5) is 0. The van der Waals surface area contributed by atoms with Gasteiger partial charge in [0, 0.05) is 13.1 Å². The van der Waals surface area contributed by atoms with E-state index in [0.717, 1.165) is 0 Å². The molecule has 0 aromatic carbocycles. The molecule has 0 saturated carbocycles. The maximum atomic E-state index is 4.90. The van der Waals surface area contributed by atoms with Crippen LogP contribution in [-0.2, 0) is 0 Å². The maximum absolute atomic E-state index is 4.90. The van der Waals surface area contributed by atoms with Crippen LogP contribution in [-0.4, -0.2) is 39.3 Å². The molecule has 0 aliphatic carbocycles. The molecule has 3 heteroatoms. The summed E-state index contributed by atoms with van der Waals surface area (Å²) in [7, 11) is 0. The van der Waals surface area contributed by atoms with E-state index in [4.69, 9.17) is 11.5 Å². The van der Waals surface area contributed by atoms with E-state index >= 15 is 0 Å². The molecule has 0 rings (SSSR count). The molecule has 0 aromatic heterocycles. The molecule has 0 aromatic rings. The third kappa shape index (κ3) is 11.6. The Morgan fingerprint density at radius 2 is 1.20 bits per heavy atom. The van der Waals surface area contributed by atoms with E-state index in [2.05, 4.69) is 0 Å². The van der Waals surface area contributed by atoms with Gasteiger partial charge in [-0.25, -0.2) is 0 Å². The van der Waals surface area contributed by atoms with E-state index in [9.17, 15) is 0 Å². The molecule has 0 fully saturated rings. The van der Waals surface area contributed by atoms with Crippen LogP contribution in [0.25, 0.3) is 0 Å². The molecule has 0 amide bonds. The summed E-state index contributed by atoms with van der Waals surface area (Å²) >= 11 is 0. The topological polar surface area (TPSA) is 52.0 Å². The fourth-order valence-corrected chi connectivity index (χ4v) is 0. The molecule has 0 spiro atoms. The molecule has 5 heavy (non-hydrogen) atoms. The Morgan fingerprint density at radius 1 is 1.00 bits per heavy atom. The first-order valence-electron chi connectivity index (χ1n) is 1.32. The third-order valence-electron chi connectivity index (χ3n) is 0.167. The molecule has 0 aliphatic rings. The molecule has 0 unspecified atom stereocenters. The molecule has 0 saturated heterocycles. The SMILES string of the molecule is NCCN.[BiH3]. The number of nitrogens with two attached hydrogens (primary N) is 2. The molecular weight excluding hydrogens is 261 g/mol. The van der Waals surface area contributed by atoms with Crippen molar-refractivity contribution in [2.75, 3.05) is 13.1 Å². The number of rotatable bonds is 1. The summed E-state index contributed by atoms with van der Waals surface area (Å²) in [6.45, 7) is 1.19. The van der Waals surface area contributed by atoms with Crippen LogP contribution >= 0.6 is 0 Å². The summed E-state index contributed by atoms with van der Waals surface area (Å²) in [5, 5.41) is 0. The van der Waals surface area contributed by atoms with Crippen molar-refractivity contribution < 1.29 is 0 Å². The van der Waals surface area contributed by atoms with E-state index in [-0.39, 0.29) is 26.2 Å². The molecule has 4 N–H and O–H groups in total. The van der Waals surface area contributed by atoms with Crippen molar-refractivity contribution in [3.8, 4) is 0 Å². The first-order valence-corrected chi connectivity index (χ1v) is 1.32. The predicted molar refractivity (Wildman–Crippen MR) is 28.0 cm³/mol. The van der Waals surface area contributed by atoms with Gasteiger partial charge in [0.2, 0.25) is 0 Å². The van der Waals surface area contributed by atoms with Gasteiger partial charge in [0.05, 0.1) is 0 Å². The minimum absolute atomic E-state index is 0. The number of hydrogen-bond acceptors (Lipinski definition) is 2. The first kappa shape index (κ1) is 9.26. The van der Waals surface area contributed by atoms with E-state index in [1.807, 2.05) is 0 Å². The zero-order valence-corrected chi connectivity index (χ0v) is 8.77. The summed E-state index contributed by atoms with van der Waals surface area (Å²) in [5.74, 6) is 0. The quantitative estimate of drug-likeness (QED) is 0.528. The Morgan fingerprint density at radius 3 is 1.20 bits per heavy atom. The van der Waals surface area contributed by atoms with E-state index in [1.54, 1.807) is 0 Å². The zero-order valence-electron chi connectivity index (χ0n) is 3.28. The van der Waals surface area contributed by atoms with Crippen LogP contribution < -0.4 is 11.5 Å². The second-order valence-electron chi connectivity index (χ2n) is 0.577. The fraction of sp³-hybridized carbons (Fsp3) is 1.00. The summed E-state index contributed by atoms with van der Waals surface area (Å²) < 4.78 is 0. The van der Waals surface area contributed by atoms with Crippen molar-refractivity contribution >= 4 is 26.2 Å². The first-order chi connectivity index (χ1) is 1.91. The standard InChI is InChI=1S/C2H8N2.Bi.3H/c3-1-2-4;;;;/h1-4H2;;;;. The van der Waals surface area contributed by atoms with Crippen molar-refractivity contribution in [3.05, 3.63) is 0 Å². The van der Waals surface area contributed by atoms with Crippen molar-refractivity contribution in [2.45, 2.75) is 0 Å². The average Bonchev–Trinajstić information content (AvgIpc) is 1.37. The van der Waals surface area contributed by atoms with Crippen molar-refractivity contribution in [1.29, 1.82) is 0 Å². The van der Waals surface area contributed by atoms with Gasteiger partial charge in [-0.2, -0.15) is 0 Å². The molecule has 0 bridgehead atoms. The van der Waals surface area contributed by atoms with Crippen molar-refractivity contribution in [1.82, 2.24) is 0 Å². The molecule has 0 atom stereocenters. The van der Waals surface area contributed by atoms with Gasteiger partial charge < -0.3 is 11.5 Å². The molecule has 2 nitrogen and oxygen atoms in total. The third-order valence-corrected chi connectivity index (χ3v) is 0.167. The Labute approximate surface area is 51.0 Å². The van der Waals surface area contributed by atoms with Gasteiger partial charge in [-0.1, -0.05) is 0 Å². The predicted octanol–water partition coefficient (Wildman–Crippen LogP) is -2.28. The zero-order chi connectivity index (χ0) is 3.41. The number of hydrogen-bond donors (Lipinski definition) is 2. The van der Waals surface area contributed by atoms with Crippen molar-refractivity contribution in [3.63, 3.8) is 0 Å². The molecular formula is C2H11BiN2. The van der Waals surface area contributed by atoms with Gasteiger partial charge >= 0.3 is 26.2 Å². The van der Waals surface area contributed by atoms with Crippen LogP contribution in [0.4, 0.5) is 0 Å². The molecule has 0 heterocycles. The summed E-state index contributed by atoms with van der Waals surface area (Å²) in [6.07, 6.45) is 0. The molecule has 0 aliphatic heterocycles. The van der Waals surface area contributed by atoms with Gasteiger partial charge in [-0.15, -0.1) is 0 Å². The Kier molecular flexibility index (Phi) is 16.4. The fourth-order valence-electron chi connectivity index (χ4n) is 0. The van der Waals surface area contributed by atoms with Crippen LogP contribution in [0.1, 0.15) is 0 Å². The second kappa shape index (κ2) is 8.84.